The van der Waals surface area contributed by atoms with E-state index in [0.29, 0.717) is 16.2 Å². The molecule has 0 aliphatic rings. The van der Waals surface area contributed by atoms with Gasteiger partial charge in [-0.1, -0.05) is 23.9 Å². The molecule has 1 amide bonds. The van der Waals surface area contributed by atoms with Crippen LogP contribution in [0.15, 0.2) is 69.0 Å². The first-order chi connectivity index (χ1) is 14.0. The largest absolute Gasteiger partial charge is 0.467 e. The van der Waals surface area contributed by atoms with Crippen molar-refractivity contribution in [1.29, 1.82) is 10.5 Å². The second-order valence-corrected chi connectivity index (χ2v) is 6.79. The van der Waals surface area contributed by atoms with Gasteiger partial charge in [0, 0.05) is 11.0 Å². The van der Waals surface area contributed by atoms with E-state index in [-0.39, 0.29) is 34.2 Å². The number of nitrogens with one attached hydrogen (secondary N) is 1. The highest BCUT2D eigenvalue weighted by Gasteiger charge is 2.21. The fourth-order valence-electron chi connectivity index (χ4n) is 2.52. The van der Waals surface area contributed by atoms with Gasteiger partial charge in [0.15, 0.2) is 0 Å². The quantitative estimate of drug-likeness (QED) is 0.484. The molecule has 1 heterocycles. The van der Waals surface area contributed by atoms with Crippen LogP contribution in [0.25, 0.3) is 0 Å². The van der Waals surface area contributed by atoms with Crippen molar-refractivity contribution in [2.45, 2.75) is 16.3 Å². The molecule has 0 saturated heterocycles. The Morgan fingerprint density at radius 1 is 1.10 bits per heavy atom. The van der Waals surface area contributed by atoms with Crippen molar-refractivity contribution < 1.29 is 14.1 Å². The second-order valence-electron chi connectivity index (χ2n) is 5.71. The molecule has 1 N–H and O–H groups in total. The van der Waals surface area contributed by atoms with Gasteiger partial charge in [0.05, 0.1) is 39.3 Å². The van der Waals surface area contributed by atoms with E-state index in [1.165, 1.54) is 12.3 Å². The lowest BCUT2D eigenvalue weighted by Crippen LogP contribution is -2.23. The van der Waals surface area contributed by atoms with Crippen molar-refractivity contribution in [3.63, 3.8) is 0 Å². The monoisotopic (exact) mass is 404 g/mol. The van der Waals surface area contributed by atoms with Crippen LogP contribution in [0.4, 0.5) is 5.69 Å². The van der Waals surface area contributed by atoms with Crippen LogP contribution in [0.3, 0.4) is 0 Å². The number of rotatable bonds is 6. The Balaban J connectivity index is 1.93. The molecule has 2 aromatic carbocycles. The molecular formula is C20H12N4O4S. The number of carbonyl (C=O) groups is 1. The van der Waals surface area contributed by atoms with Crippen LogP contribution in [0.5, 0.6) is 0 Å². The maximum atomic E-state index is 12.6. The topological polar surface area (TPSA) is 133 Å². The number of nitro groups is 1. The molecule has 0 fully saturated rings. The summed E-state index contributed by atoms with van der Waals surface area (Å²) in [5.41, 5.74) is -0.0362. The Kier molecular flexibility index (Phi) is 5.93. The van der Waals surface area contributed by atoms with Crippen LogP contribution < -0.4 is 5.32 Å². The fourth-order valence-corrected chi connectivity index (χ4v) is 3.58. The Bertz CT molecular complexity index is 1160. The summed E-state index contributed by atoms with van der Waals surface area (Å²) in [5.74, 6) is 0.214. The number of nitrogens with zero attached hydrogens (tertiary/aromatic N) is 3. The predicted molar refractivity (Wildman–Crippen MR) is 103 cm³/mol. The SMILES string of the molecule is N#Cc1cc(Sc2ccccc2C(=O)NCc2ccco2)c([N+](=O)[O-])cc1C#N. The third-order valence-electron chi connectivity index (χ3n) is 3.89. The van der Waals surface area contributed by atoms with Crippen molar-refractivity contribution >= 4 is 23.4 Å². The summed E-state index contributed by atoms with van der Waals surface area (Å²) in [5, 5.41) is 32.5. The fraction of sp³-hybridized carbons (Fsp3) is 0.0500. The van der Waals surface area contributed by atoms with E-state index >= 15 is 0 Å². The zero-order valence-corrected chi connectivity index (χ0v) is 15.6. The van der Waals surface area contributed by atoms with E-state index in [0.717, 1.165) is 17.8 Å². The van der Waals surface area contributed by atoms with E-state index in [9.17, 15) is 20.2 Å². The molecule has 0 spiro atoms. The Morgan fingerprint density at radius 3 is 2.48 bits per heavy atom. The van der Waals surface area contributed by atoms with E-state index in [1.807, 2.05) is 6.07 Å². The van der Waals surface area contributed by atoms with Gasteiger partial charge in [0.2, 0.25) is 0 Å². The Hall–Kier alpha value is -4.08. The van der Waals surface area contributed by atoms with Gasteiger partial charge in [-0.2, -0.15) is 10.5 Å². The van der Waals surface area contributed by atoms with E-state index < -0.39 is 4.92 Å². The lowest BCUT2D eigenvalue weighted by molar-refractivity contribution is -0.387. The Labute approximate surface area is 169 Å². The van der Waals surface area contributed by atoms with Crippen LogP contribution in [-0.4, -0.2) is 10.8 Å². The maximum Gasteiger partial charge on any atom is 0.284 e. The highest BCUT2D eigenvalue weighted by atomic mass is 32.2. The molecular weight excluding hydrogens is 392 g/mol. The minimum Gasteiger partial charge on any atom is -0.467 e. The lowest BCUT2D eigenvalue weighted by atomic mass is 10.1. The molecule has 0 aliphatic heterocycles. The normalized spacial score (nSPS) is 10.0. The molecule has 9 heteroatoms. The molecule has 142 valence electrons. The standard InChI is InChI=1S/C20H12N4O4S/c21-10-13-8-17(24(26)27)19(9-14(13)11-22)29-18-6-2-1-5-16(18)20(25)23-12-15-4-3-7-28-15/h1-9H,12H2,(H,23,25). The predicted octanol–water partition coefficient (Wildman–Crippen LogP) is 4.01. The third kappa shape index (κ3) is 4.43. The van der Waals surface area contributed by atoms with Crippen LogP contribution in [0.1, 0.15) is 27.2 Å². The van der Waals surface area contributed by atoms with Crippen molar-refractivity contribution in [1.82, 2.24) is 5.32 Å². The van der Waals surface area contributed by atoms with Gasteiger partial charge in [0.1, 0.15) is 17.9 Å². The Morgan fingerprint density at radius 2 is 1.83 bits per heavy atom. The summed E-state index contributed by atoms with van der Waals surface area (Å²) in [6, 6.07) is 16.1. The number of hydrogen-bond donors (Lipinski definition) is 1. The van der Waals surface area contributed by atoms with Crippen LogP contribution >= 0.6 is 11.8 Å². The van der Waals surface area contributed by atoms with Gasteiger partial charge >= 0.3 is 0 Å². The highest BCUT2D eigenvalue weighted by Crippen LogP contribution is 2.38. The zero-order chi connectivity index (χ0) is 20.8. The molecule has 8 nitrogen and oxygen atoms in total. The first-order valence-corrected chi connectivity index (χ1v) is 9.05. The zero-order valence-electron chi connectivity index (χ0n) is 14.8. The average molecular weight is 404 g/mol. The molecule has 29 heavy (non-hydrogen) atoms. The molecule has 0 bridgehead atoms. The minimum absolute atomic E-state index is 0.0281. The van der Waals surface area contributed by atoms with Gasteiger partial charge in [-0.25, -0.2) is 0 Å². The number of nitro benzene ring substituents is 1. The summed E-state index contributed by atoms with van der Waals surface area (Å²) in [6.45, 7) is 0.195. The summed E-state index contributed by atoms with van der Waals surface area (Å²) < 4.78 is 5.18. The first-order valence-electron chi connectivity index (χ1n) is 8.23. The molecule has 3 aromatic rings. The summed E-state index contributed by atoms with van der Waals surface area (Å²) in [7, 11) is 0. The summed E-state index contributed by atoms with van der Waals surface area (Å²) in [6.07, 6.45) is 1.50. The van der Waals surface area contributed by atoms with Crippen molar-refractivity contribution in [2.75, 3.05) is 0 Å². The van der Waals surface area contributed by atoms with Gasteiger partial charge in [0.25, 0.3) is 11.6 Å². The minimum atomic E-state index is -0.621. The van der Waals surface area contributed by atoms with Crippen LogP contribution in [-0.2, 0) is 6.54 Å². The van der Waals surface area contributed by atoms with Gasteiger partial charge in [-0.15, -0.1) is 0 Å². The third-order valence-corrected chi connectivity index (χ3v) is 5.01. The van der Waals surface area contributed by atoms with Gasteiger partial charge < -0.3 is 9.73 Å². The van der Waals surface area contributed by atoms with E-state index in [1.54, 1.807) is 42.5 Å². The van der Waals surface area contributed by atoms with Gasteiger partial charge in [-0.3, -0.25) is 14.9 Å². The van der Waals surface area contributed by atoms with E-state index in [4.69, 9.17) is 9.68 Å². The highest BCUT2D eigenvalue weighted by molar-refractivity contribution is 7.99. The maximum absolute atomic E-state index is 12.6. The van der Waals surface area contributed by atoms with Crippen LogP contribution in [0, 0.1) is 32.8 Å². The second kappa shape index (κ2) is 8.74. The molecule has 0 unspecified atom stereocenters. The molecule has 3 rings (SSSR count). The molecule has 1 aromatic heterocycles. The number of benzene rings is 2. The van der Waals surface area contributed by atoms with Crippen molar-refractivity contribution in [3.8, 4) is 12.1 Å². The van der Waals surface area contributed by atoms with E-state index in [2.05, 4.69) is 5.32 Å². The number of furan rings is 1. The smallest absolute Gasteiger partial charge is 0.284 e. The number of carbonyl (C=O) groups excluding carboxylic acids is 1. The molecule has 0 radical (unpaired) electrons. The summed E-state index contributed by atoms with van der Waals surface area (Å²) in [4.78, 5) is 24.1. The summed E-state index contributed by atoms with van der Waals surface area (Å²) >= 11 is 0.983. The van der Waals surface area contributed by atoms with Crippen LogP contribution in [0.2, 0.25) is 0 Å². The molecule has 0 saturated carbocycles. The van der Waals surface area contributed by atoms with Crippen molar-refractivity contribution in [3.05, 3.63) is 87.4 Å². The van der Waals surface area contributed by atoms with Gasteiger partial charge in [-0.05, 0) is 30.3 Å². The number of hydrogen-bond acceptors (Lipinski definition) is 7. The molecule has 0 aliphatic carbocycles. The van der Waals surface area contributed by atoms with Crippen molar-refractivity contribution in [2.24, 2.45) is 0 Å². The average Bonchev–Trinajstić information content (AvgIpc) is 3.25. The lowest BCUT2D eigenvalue weighted by Gasteiger charge is -2.10. The first kappa shape index (κ1) is 19.7. The molecule has 0 atom stereocenters. The number of nitriles is 2. The number of amides is 1.